The van der Waals surface area contributed by atoms with Crippen LogP contribution >= 0.6 is 0 Å². The minimum absolute atomic E-state index is 0.00678. The molecule has 312 valence electrons. The molecule has 1 spiro atoms. The summed E-state index contributed by atoms with van der Waals surface area (Å²) in [6, 6.07) is 8.79. The number of fused-ring (bicyclic) bond motifs is 5. The zero-order chi connectivity index (χ0) is 41.8. The topological polar surface area (TPSA) is 142 Å². The number of anilines is 1. The molecule has 10 rings (SSSR count). The van der Waals surface area contributed by atoms with Gasteiger partial charge in [0, 0.05) is 73.8 Å². The van der Waals surface area contributed by atoms with E-state index in [2.05, 4.69) is 20.4 Å². The van der Waals surface area contributed by atoms with Gasteiger partial charge in [0.2, 0.25) is 17.7 Å². The molecular weight excluding hydrogens is 778 g/mol. The summed E-state index contributed by atoms with van der Waals surface area (Å²) in [4.78, 5) is 73.0. The lowest BCUT2D eigenvalue weighted by Crippen LogP contribution is -2.61. The van der Waals surface area contributed by atoms with E-state index in [9.17, 15) is 32.8 Å². The van der Waals surface area contributed by atoms with Crippen molar-refractivity contribution in [3.8, 4) is 0 Å². The minimum atomic E-state index is -2.57. The fourth-order valence-electron chi connectivity index (χ4n) is 10.8. The number of nitrogens with one attached hydrogen (secondary N) is 2. The molecule has 16 heteroatoms. The lowest BCUT2D eigenvalue weighted by Gasteiger charge is -2.55. The molecule has 3 fully saturated rings. The monoisotopic (exact) mass is 822 g/mol. The summed E-state index contributed by atoms with van der Waals surface area (Å²) in [6.07, 6.45) is 1.52. The van der Waals surface area contributed by atoms with Crippen molar-refractivity contribution in [1.82, 2.24) is 35.1 Å². The van der Waals surface area contributed by atoms with E-state index >= 15 is 4.39 Å². The average molecular weight is 823 g/mol. The summed E-state index contributed by atoms with van der Waals surface area (Å²) in [5, 5.41) is 10.3. The van der Waals surface area contributed by atoms with E-state index in [1.807, 2.05) is 41.8 Å². The molecular formula is C44H45F3N8O5. The molecule has 4 aromatic rings. The molecule has 0 saturated carbocycles. The molecule has 5 amide bonds. The number of aromatic amines is 1. The SMILES string of the molecule is Cc1cc(N2CC3(CCN(C(=O)CN4Cc5cc6c(cc5C4)C(=O)N(C4CCC(=O)NC4=O)C6=O)CC3)C2)cc(F)c1C1c2ccc3[nH]ncc3c2C[C@@H](C)N1CC(F)F. The number of hydrogen-bond acceptors (Lipinski definition) is 9. The Balaban J connectivity index is 0.767. The zero-order valence-corrected chi connectivity index (χ0v) is 33.4. The Bertz CT molecular complexity index is 2440. The Hall–Kier alpha value is -5.61. The van der Waals surface area contributed by atoms with Crippen LogP contribution in [0, 0.1) is 18.2 Å². The van der Waals surface area contributed by atoms with Crippen molar-refractivity contribution < 1.29 is 37.1 Å². The van der Waals surface area contributed by atoms with Gasteiger partial charge in [-0.05, 0) is 97.7 Å². The van der Waals surface area contributed by atoms with Crippen molar-refractivity contribution in [3.05, 3.63) is 92.9 Å². The maximum absolute atomic E-state index is 16.5. The number of aromatic nitrogens is 2. The molecule has 3 aromatic carbocycles. The normalized spacial score (nSPS) is 24.0. The summed E-state index contributed by atoms with van der Waals surface area (Å²) in [6.45, 7) is 7.08. The van der Waals surface area contributed by atoms with Crippen LogP contribution in [0.25, 0.3) is 10.9 Å². The summed E-state index contributed by atoms with van der Waals surface area (Å²) in [5.41, 5.74) is 6.78. The van der Waals surface area contributed by atoms with Crippen LogP contribution in [-0.4, -0.2) is 117 Å². The van der Waals surface area contributed by atoms with E-state index in [4.69, 9.17) is 0 Å². The predicted molar refractivity (Wildman–Crippen MR) is 213 cm³/mol. The van der Waals surface area contributed by atoms with Gasteiger partial charge in [-0.15, -0.1) is 0 Å². The van der Waals surface area contributed by atoms with Crippen LogP contribution in [0.3, 0.4) is 0 Å². The molecule has 1 aromatic heterocycles. The second-order valence-electron chi connectivity index (χ2n) is 17.7. The number of aryl methyl sites for hydroxylation is 1. The zero-order valence-electron chi connectivity index (χ0n) is 33.4. The number of nitrogens with zero attached hydrogens (tertiary/aromatic N) is 6. The van der Waals surface area contributed by atoms with Crippen molar-refractivity contribution in [3.63, 3.8) is 0 Å². The number of amides is 5. The highest BCUT2D eigenvalue weighted by molar-refractivity contribution is 6.23. The van der Waals surface area contributed by atoms with E-state index < -0.39 is 54.5 Å². The first-order valence-corrected chi connectivity index (χ1v) is 20.7. The van der Waals surface area contributed by atoms with E-state index in [0.29, 0.717) is 43.7 Å². The number of piperidine rings is 2. The number of hydrogen-bond donors (Lipinski definition) is 2. The van der Waals surface area contributed by atoms with Crippen molar-refractivity contribution in [1.29, 1.82) is 0 Å². The Morgan fingerprint density at radius 3 is 2.33 bits per heavy atom. The van der Waals surface area contributed by atoms with Crippen molar-refractivity contribution in [2.75, 3.05) is 44.2 Å². The fraction of sp³-hybridized carbons (Fsp3) is 0.455. The quantitative estimate of drug-likeness (QED) is 0.259. The minimum Gasteiger partial charge on any atom is -0.370 e. The van der Waals surface area contributed by atoms with Crippen LogP contribution in [0.2, 0.25) is 0 Å². The predicted octanol–water partition coefficient (Wildman–Crippen LogP) is 4.46. The molecule has 60 heavy (non-hydrogen) atoms. The van der Waals surface area contributed by atoms with Crippen LogP contribution in [0.5, 0.6) is 0 Å². The van der Waals surface area contributed by atoms with Gasteiger partial charge in [0.25, 0.3) is 18.2 Å². The van der Waals surface area contributed by atoms with Gasteiger partial charge in [0.15, 0.2) is 0 Å². The number of alkyl halides is 2. The highest BCUT2D eigenvalue weighted by atomic mass is 19.3. The first kappa shape index (κ1) is 38.6. The molecule has 0 bridgehead atoms. The Morgan fingerprint density at radius 2 is 1.68 bits per heavy atom. The van der Waals surface area contributed by atoms with E-state index in [0.717, 1.165) is 69.7 Å². The van der Waals surface area contributed by atoms with Gasteiger partial charge in [-0.1, -0.05) is 6.07 Å². The average Bonchev–Trinajstić information content (AvgIpc) is 3.90. The Labute approximate surface area is 343 Å². The molecule has 6 aliphatic rings. The molecule has 2 unspecified atom stereocenters. The maximum Gasteiger partial charge on any atom is 0.262 e. The third kappa shape index (κ3) is 6.28. The first-order valence-electron chi connectivity index (χ1n) is 20.7. The largest absolute Gasteiger partial charge is 0.370 e. The molecule has 2 N–H and O–H groups in total. The molecule has 13 nitrogen and oxygen atoms in total. The van der Waals surface area contributed by atoms with Gasteiger partial charge < -0.3 is 9.80 Å². The third-order valence-electron chi connectivity index (χ3n) is 13.9. The summed E-state index contributed by atoms with van der Waals surface area (Å²) in [5.74, 6) is -2.57. The highest BCUT2D eigenvalue weighted by Crippen LogP contribution is 2.46. The molecule has 0 aliphatic carbocycles. The number of carbonyl (C=O) groups excluding carboxylic acids is 5. The number of benzene rings is 3. The number of imide groups is 2. The second kappa shape index (κ2) is 14.3. The number of H-pyrrole nitrogens is 1. The Kier molecular flexibility index (Phi) is 9.17. The first-order chi connectivity index (χ1) is 28.8. The standard InChI is InChI=1S/C44H45F3N8O5/c1-23-11-27(15-33(45)39(23)40-28-3-4-34-32(16-48-50-34)29(28)12-24(2)54(40)19-36(46)47)53-21-44(22-53)7-9-52(10-8-44)38(57)20-51-17-25-13-30-31(14-26(25)18-51)43(60)55(42(30)59)35-5-6-37(56)49-41(35)58/h3-4,11,13-16,24,35-36,40H,5-10,12,17-22H2,1-2H3,(H,48,50)(H,49,56,58)/t24-,35?,40?/m1/s1. The van der Waals surface area contributed by atoms with E-state index in [1.165, 1.54) is 0 Å². The van der Waals surface area contributed by atoms with Gasteiger partial charge in [-0.2, -0.15) is 5.10 Å². The lowest BCUT2D eigenvalue weighted by atomic mass is 9.71. The smallest absolute Gasteiger partial charge is 0.262 e. The number of rotatable bonds is 7. The second-order valence-corrected chi connectivity index (χ2v) is 17.7. The highest BCUT2D eigenvalue weighted by Gasteiger charge is 2.48. The summed E-state index contributed by atoms with van der Waals surface area (Å²) < 4.78 is 44.4. The van der Waals surface area contributed by atoms with Crippen LogP contribution in [0.4, 0.5) is 18.9 Å². The van der Waals surface area contributed by atoms with Crippen molar-refractivity contribution in [2.24, 2.45) is 5.41 Å². The fourth-order valence-corrected chi connectivity index (χ4v) is 10.8. The Morgan fingerprint density at radius 1 is 0.983 bits per heavy atom. The molecule has 3 saturated heterocycles. The maximum atomic E-state index is 16.5. The van der Waals surface area contributed by atoms with Gasteiger partial charge in [0.05, 0.1) is 42.0 Å². The van der Waals surface area contributed by atoms with E-state index in [-0.39, 0.29) is 47.9 Å². The number of likely N-dealkylation sites (tertiary alicyclic amines) is 1. The van der Waals surface area contributed by atoms with Crippen LogP contribution < -0.4 is 10.2 Å². The molecule has 6 aliphatic heterocycles. The van der Waals surface area contributed by atoms with E-state index in [1.54, 1.807) is 29.3 Å². The van der Waals surface area contributed by atoms with Crippen LogP contribution in [-0.2, 0) is 33.9 Å². The van der Waals surface area contributed by atoms with Gasteiger partial charge in [-0.25, -0.2) is 13.2 Å². The molecule has 0 radical (unpaired) electrons. The van der Waals surface area contributed by atoms with Crippen molar-refractivity contribution in [2.45, 2.75) is 83.6 Å². The van der Waals surface area contributed by atoms with Crippen molar-refractivity contribution >= 4 is 46.1 Å². The van der Waals surface area contributed by atoms with Gasteiger partial charge in [-0.3, -0.25) is 49.1 Å². The van der Waals surface area contributed by atoms with Crippen LogP contribution in [0.1, 0.15) is 92.7 Å². The third-order valence-corrected chi connectivity index (χ3v) is 13.9. The number of halogens is 3. The van der Waals surface area contributed by atoms with Gasteiger partial charge in [0.1, 0.15) is 11.9 Å². The molecule has 7 heterocycles. The lowest BCUT2D eigenvalue weighted by molar-refractivity contribution is -0.137. The van der Waals surface area contributed by atoms with Crippen LogP contribution in [0.15, 0.2) is 42.6 Å². The molecule has 3 atom stereocenters. The summed E-state index contributed by atoms with van der Waals surface area (Å²) >= 11 is 0. The summed E-state index contributed by atoms with van der Waals surface area (Å²) in [7, 11) is 0. The van der Waals surface area contributed by atoms with Gasteiger partial charge >= 0.3 is 0 Å². The number of carbonyl (C=O) groups is 5.